The van der Waals surface area contributed by atoms with E-state index in [2.05, 4.69) is 0 Å². The van der Waals surface area contributed by atoms with Crippen LogP contribution < -0.4 is 4.74 Å². The van der Waals surface area contributed by atoms with Crippen LogP contribution in [0.25, 0.3) is 6.08 Å². The third-order valence-electron chi connectivity index (χ3n) is 2.40. The molecular weight excluding hydrogens is 224 g/mol. The Kier molecular flexibility index (Phi) is 4.15. The molecule has 0 bridgehead atoms. The van der Waals surface area contributed by atoms with Gasteiger partial charge in [0.05, 0.1) is 6.10 Å². The van der Waals surface area contributed by atoms with Crippen molar-refractivity contribution in [3.63, 3.8) is 0 Å². The van der Waals surface area contributed by atoms with E-state index < -0.39 is 6.10 Å². The first-order valence-corrected chi connectivity index (χ1v) is 5.93. The standard InChI is InChI=1S/C16H16O2/c1-13(17)10-11-14-6-5-9-16(12-14)18-15-7-3-2-4-8-15/h2-13,17H,1H3. The fraction of sp³-hybridized carbons (Fsp3) is 0.125. The summed E-state index contributed by atoms with van der Waals surface area (Å²) in [5.74, 6) is 1.60. The molecule has 92 valence electrons. The summed E-state index contributed by atoms with van der Waals surface area (Å²) in [6, 6.07) is 17.4. The maximum atomic E-state index is 9.20. The minimum Gasteiger partial charge on any atom is -0.457 e. The topological polar surface area (TPSA) is 29.5 Å². The second-order valence-electron chi connectivity index (χ2n) is 4.09. The van der Waals surface area contributed by atoms with Gasteiger partial charge < -0.3 is 9.84 Å². The van der Waals surface area contributed by atoms with E-state index >= 15 is 0 Å². The fourth-order valence-corrected chi connectivity index (χ4v) is 1.56. The Balaban J connectivity index is 2.13. The summed E-state index contributed by atoms with van der Waals surface area (Å²) < 4.78 is 5.73. The maximum Gasteiger partial charge on any atom is 0.128 e. The van der Waals surface area contributed by atoms with Crippen molar-refractivity contribution in [3.8, 4) is 11.5 Å². The Bertz CT molecular complexity index is 516. The summed E-state index contributed by atoms with van der Waals surface area (Å²) >= 11 is 0. The van der Waals surface area contributed by atoms with Gasteiger partial charge in [-0.05, 0) is 36.8 Å². The molecule has 2 nitrogen and oxygen atoms in total. The summed E-state index contributed by atoms with van der Waals surface area (Å²) in [5.41, 5.74) is 1.00. The van der Waals surface area contributed by atoms with E-state index in [4.69, 9.17) is 4.74 Å². The molecule has 2 aromatic rings. The van der Waals surface area contributed by atoms with Crippen LogP contribution in [0, 0.1) is 0 Å². The predicted octanol–water partition coefficient (Wildman–Crippen LogP) is 3.87. The zero-order chi connectivity index (χ0) is 12.8. The third kappa shape index (κ3) is 3.75. The van der Waals surface area contributed by atoms with Crippen LogP contribution in [-0.4, -0.2) is 11.2 Å². The van der Waals surface area contributed by atoms with Crippen molar-refractivity contribution < 1.29 is 9.84 Å². The number of aliphatic hydroxyl groups is 1. The molecule has 0 fully saturated rings. The van der Waals surface area contributed by atoms with E-state index in [0.29, 0.717) is 0 Å². The molecule has 0 aliphatic rings. The molecule has 18 heavy (non-hydrogen) atoms. The lowest BCUT2D eigenvalue weighted by molar-refractivity contribution is 0.245. The lowest BCUT2D eigenvalue weighted by Gasteiger charge is -2.06. The maximum absolute atomic E-state index is 9.20. The third-order valence-corrected chi connectivity index (χ3v) is 2.40. The highest BCUT2D eigenvalue weighted by Crippen LogP contribution is 2.22. The Morgan fingerprint density at radius 1 is 1.00 bits per heavy atom. The average molecular weight is 240 g/mol. The van der Waals surface area contributed by atoms with Gasteiger partial charge in [0.1, 0.15) is 11.5 Å². The van der Waals surface area contributed by atoms with Gasteiger partial charge >= 0.3 is 0 Å². The van der Waals surface area contributed by atoms with Gasteiger partial charge in [0.15, 0.2) is 0 Å². The molecule has 0 aromatic heterocycles. The second kappa shape index (κ2) is 6.03. The normalized spacial score (nSPS) is 12.6. The first-order chi connectivity index (χ1) is 8.74. The van der Waals surface area contributed by atoms with Crippen molar-refractivity contribution in [2.75, 3.05) is 0 Å². The van der Waals surface area contributed by atoms with E-state index in [9.17, 15) is 5.11 Å². The number of benzene rings is 2. The number of ether oxygens (including phenoxy) is 1. The van der Waals surface area contributed by atoms with E-state index in [-0.39, 0.29) is 0 Å². The Morgan fingerprint density at radius 3 is 2.44 bits per heavy atom. The molecule has 0 saturated heterocycles. The van der Waals surface area contributed by atoms with Gasteiger partial charge in [-0.25, -0.2) is 0 Å². The highest BCUT2D eigenvalue weighted by molar-refractivity contribution is 5.52. The molecule has 0 amide bonds. The number of aliphatic hydroxyl groups excluding tert-OH is 1. The van der Waals surface area contributed by atoms with Crippen molar-refractivity contribution >= 4 is 6.08 Å². The first-order valence-electron chi connectivity index (χ1n) is 5.93. The zero-order valence-electron chi connectivity index (χ0n) is 10.3. The van der Waals surface area contributed by atoms with Crippen LogP contribution in [0.4, 0.5) is 0 Å². The van der Waals surface area contributed by atoms with Crippen LogP contribution in [0.3, 0.4) is 0 Å². The summed E-state index contributed by atoms with van der Waals surface area (Å²) in [7, 11) is 0. The number of hydrogen-bond acceptors (Lipinski definition) is 2. The number of hydrogen-bond donors (Lipinski definition) is 1. The SMILES string of the molecule is CC(O)C=Cc1cccc(Oc2ccccc2)c1. The molecule has 1 unspecified atom stereocenters. The molecule has 1 N–H and O–H groups in total. The molecular formula is C16H16O2. The molecule has 0 aliphatic heterocycles. The molecule has 0 aliphatic carbocycles. The Labute approximate surface area is 107 Å². The van der Waals surface area contributed by atoms with Crippen LogP contribution in [0.2, 0.25) is 0 Å². The molecule has 0 saturated carbocycles. The molecule has 1 atom stereocenters. The van der Waals surface area contributed by atoms with E-state index in [1.807, 2.05) is 60.7 Å². The molecule has 2 rings (SSSR count). The minimum atomic E-state index is -0.441. The summed E-state index contributed by atoms with van der Waals surface area (Å²) in [6.07, 6.45) is 3.17. The monoisotopic (exact) mass is 240 g/mol. The lowest BCUT2D eigenvalue weighted by Crippen LogP contribution is -1.91. The van der Waals surface area contributed by atoms with Crippen LogP contribution in [0.15, 0.2) is 60.7 Å². The minimum absolute atomic E-state index is 0.441. The van der Waals surface area contributed by atoms with Crippen molar-refractivity contribution in [3.05, 3.63) is 66.2 Å². The largest absolute Gasteiger partial charge is 0.457 e. The van der Waals surface area contributed by atoms with Crippen molar-refractivity contribution in [2.24, 2.45) is 0 Å². The number of para-hydroxylation sites is 1. The van der Waals surface area contributed by atoms with Gasteiger partial charge in [-0.15, -0.1) is 0 Å². The highest BCUT2D eigenvalue weighted by Gasteiger charge is 1.97. The molecule has 0 heterocycles. The first kappa shape index (κ1) is 12.4. The van der Waals surface area contributed by atoms with E-state index in [1.165, 1.54) is 0 Å². The lowest BCUT2D eigenvalue weighted by atomic mass is 10.2. The molecule has 0 radical (unpaired) electrons. The molecule has 0 spiro atoms. The smallest absolute Gasteiger partial charge is 0.128 e. The quantitative estimate of drug-likeness (QED) is 0.879. The van der Waals surface area contributed by atoms with E-state index in [1.54, 1.807) is 13.0 Å². The summed E-state index contributed by atoms with van der Waals surface area (Å²) in [4.78, 5) is 0. The van der Waals surface area contributed by atoms with E-state index in [0.717, 1.165) is 17.1 Å². The van der Waals surface area contributed by atoms with Gasteiger partial charge in [-0.3, -0.25) is 0 Å². The summed E-state index contributed by atoms with van der Waals surface area (Å²) in [5, 5.41) is 9.20. The van der Waals surface area contributed by atoms with Gasteiger partial charge in [0.25, 0.3) is 0 Å². The Morgan fingerprint density at radius 2 is 1.72 bits per heavy atom. The van der Waals surface area contributed by atoms with Gasteiger partial charge in [0.2, 0.25) is 0 Å². The van der Waals surface area contributed by atoms with Crippen LogP contribution in [0.1, 0.15) is 12.5 Å². The number of rotatable bonds is 4. The van der Waals surface area contributed by atoms with Gasteiger partial charge in [-0.2, -0.15) is 0 Å². The van der Waals surface area contributed by atoms with Gasteiger partial charge in [0, 0.05) is 0 Å². The van der Waals surface area contributed by atoms with Crippen molar-refractivity contribution in [1.29, 1.82) is 0 Å². The Hall–Kier alpha value is -2.06. The highest BCUT2D eigenvalue weighted by atomic mass is 16.5. The predicted molar refractivity (Wildman–Crippen MR) is 73.7 cm³/mol. The summed E-state index contributed by atoms with van der Waals surface area (Å²) in [6.45, 7) is 1.72. The van der Waals surface area contributed by atoms with Crippen molar-refractivity contribution in [2.45, 2.75) is 13.0 Å². The van der Waals surface area contributed by atoms with Crippen LogP contribution in [-0.2, 0) is 0 Å². The molecule has 2 aromatic carbocycles. The fourth-order valence-electron chi connectivity index (χ4n) is 1.56. The second-order valence-corrected chi connectivity index (χ2v) is 4.09. The zero-order valence-corrected chi connectivity index (χ0v) is 10.3. The average Bonchev–Trinajstić information content (AvgIpc) is 2.38. The van der Waals surface area contributed by atoms with Gasteiger partial charge in [-0.1, -0.05) is 42.5 Å². The van der Waals surface area contributed by atoms with Crippen LogP contribution in [0.5, 0.6) is 11.5 Å². The van der Waals surface area contributed by atoms with Crippen LogP contribution >= 0.6 is 0 Å². The molecule has 2 heteroatoms. The van der Waals surface area contributed by atoms with Crippen molar-refractivity contribution in [1.82, 2.24) is 0 Å².